The summed E-state index contributed by atoms with van der Waals surface area (Å²) in [4.78, 5) is 46.4. The number of carbonyl (C=O) groups is 3. The van der Waals surface area contributed by atoms with Crippen LogP contribution in [0.25, 0.3) is 0 Å². The lowest BCUT2D eigenvalue weighted by molar-refractivity contribution is -0.131. The summed E-state index contributed by atoms with van der Waals surface area (Å²) in [6.45, 7) is 10.8. The van der Waals surface area contributed by atoms with Crippen molar-refractivity contribution in [1.29, 1.82) is 0 Å². The van der Waals surface area contributed by atoms with Crippen LogP contribution < -0.4 is 15.0 Å². The molecule has 4 rings (SSSR count). The Kier molecular flexibility index (Phi) is 12.3. The van der Waals surface area contributed by atoms with Crippen LogP contribution in [-0.4, -0.2) is 73.9 Å². The van der Waals surface area contributed by atoms with Crippen molar-refractivity contribution in [2.24, 2.45) is 0 Å². The lowest BCUT2D eigenvalue weighted by atomic mass is 9.90. The van der Waals surface area contributed by atoms with Gasteiger partial charge in [0.15, 0.2) is 0 Å². The van der Waals surface area contributed by atoms with Gasteiger partial charge in [-0.05, 0) is 86.8 Å². The molecule has 1 unspecified atom stereocenters. The van der Waals surface area contributed by atoms with E-state index in [0.29, 0.717) is 58.7 Å². The molecule has 240 valence electrons. The van der Waals surface area contributed by atoms with Crippen LogP contribution >= 0.6 is 23.2 Å². The third-order valence-corrected chi connectivity index (χ3v) is 9.01. The highest BCUT2D eigenvalue weighted by molar-refractivity contribution is 6.34. The van der Waals surface area contributed by atoms with E-state index in [1.54, 1.807) is 53.4 Å². The van der Waals surface area contributed by atoms with Gasteiger partial charge in [-0.15, -0.1) is 0 Å². The highest BCUT2D eigenvalue weighted by Gasteiger charge is 2.31. The number of halogens is 2. The number of rotatable bonds is 12. The number of carbonyl (C=O) groups excluding carboxylic acids is 3. The van der Waals surface area contributed by atoms with E-state index in [1.807, 2.05) is 24.0 Å². The van der Waals surface area contributed by atoms with Crippen molar-refractivity contribution in [1.82, 2.24) is 9.80 Å². The van der Waals surface area contributed by atoms with Crippen molar-refractivity contribution in [3.05, 3.63) is 87.4 Å². The normalized spacial score (nSPS) is 14.5. The van der Waals surface area contributed by atoms with Gasteiger partial charge in [-0.1, -0.05) is 49.2 Å². The van der Waals surface area contributed by atoms with Gasteiger partial charge in [-0.2, -0.15) is 0 Å². The Bertz CT molecular complexity index is 1510. The number of nitrogens with one attached hydrogen (secondary N) is 1. The fourth-order valence-corrected chi connectivity index (χ4v) is 6.23. The number of fused-ring (bicyclic) bond motifs is 1. The van der Waals surface area contributed by atoms with Gasteiger partial charge in [-0.3, -0.25) is 14.4 Å². The first-order valence-corrected chi connectivity index (χ1v) is 16.3. The first kappa shape index (κ1) is 34.3. The predicted octanol–water partition coefficient (Wildman–Crippen LogP) is 7.36. The highest BCUT2D eigenvalue weighted by atomic mass is 35.5. The molecule has 1 N–H and O–H groups in total. The molecule has 8 nitrogen and oxygen atoms in total. The van der Waals surface area contributed by atoms with Gasteiger partial charge in [0.05, 0.1) is 23.3 Å². The van der Waals surface area contributed by atoms with Crippen LogP contribution in [-0.2, 0) is 4.79 Å². The lowest BCUT2D eigenvalue weighted by Crippen LogP contribution is -2.39. The smallest absolute Gasteiger partial charge is 0.262 e. The van der Waals surface area contributed by atoms with Gasteiger partial charge in [0, 0.05) is 55.1 Å². The van der Waals surface area contributed by atoms with Crippen LogP contribution in [0.4, 0.5) is 11.4 Å². The molecule has 1 aliphatic heterocycles. The van der Waals surface area contributed by atoms with Gasteiger partial charge in [0.1, 0.15) is 5.75 Å². The third kappa shape index (κ3) is 8.37. The second-order valence-corrected chi connectivity index (χ2v) is 11.9. The second kappa shape index (κ2) is 16.1. The number of hydrogen-bond donors (Lipinski definition) is 1. The topological polar surface area (TPSA) is 82.2 Å². The van der Waals surface area contributed by atoms with Crippen molar-refractivity contribution < 1.29 is 19.1 Å². The summed E-state index contributed by atoms with van der Waals surface area (Å²) in [6.07, 6.45) is 1.82. The van der Waals surface area contributed by atoms with Gasteiger partial charge in [0.2, 0.25) is 5.91 Å². The zero-order valence-corrected chi connectivity index (χ0v) is 28.0. The van der Waals surface area contributed by atoms with Crippen LogP contribution in [0.3, 0.4) is 0 Å². The average Bonchev–Trinajstić information content (AvgIpc) is 3.21. The summed E-state index contributed by atoms with van der Waals surface area (Å²) in [7, 11) is 1.49. The summed E-state index contributed by atoms with van der Waals surface area (Å²) in [6, 6.07) is 17.3. The van der Waals surface area contributed by atoms with Crippen molar-refractivity contribution in [2.45, 2.75) is 46.0 Å². The molecule has 1 atom stereocenters. The van der Waals surface area contributed by atoms with E-state index in [-0.39, 0.29) is 23.6 Å². The van der Waals surface area contributed by atoms with E-state index in [1.165, 1.54) is 7.11 Å². The highest BCUT2D eigenvalue weighted by Crippen LogP contribution is 2.40. The number of ether oxygens (including phenoxy) is 1. The van der Waals surface area contributed by atoms with Gasteiger partial charge in [-0.25, -0.2) is 0 Å². The average molecular weight is 654 g/mol. The maximum Gasteiger partial charge on any atom is 0.262 e. The number of likely N-dealkylation sites (N-methyl/N-ethyl adjacent to an activating group) is 2. The zero-order valence-electron chi connectivity index (χ0n) is 26.4. The van der Waals surface area contributed by atoms with Crippen molar-refractivity contribution >= 4 is 52.3 Å². The van der Waals surface area contributed by atoms with Crippen LogP contribution in [0.1, 0.15) is 72.2 Å². The minimum absolute atomic E-state index is 0.0733. The predicted molar refractivity (Wildman–Crippen MR) is 182 cm³/mol. The summed E-state index contributed by atoms with van der Waals surface area (Å²) < 4.78 is 5.62. The van der Waals surface area contributed by atoms with E-state index in [4.69, 9.17) is 27.9 Å². The Morgan fingerprint density at radius 3 is 2.38 bits per heavy atom. The van der Waals surface area contributed by atoms with E-state index in [2.05, 4.69) is 24.1 Å². The third-order valence-electron chi connectivity index (χ3n) is 8.44. The number of benzene rings is 3. The SMILES string of the molecule is CCN(CC)CCN(CC)C(=O)CC1CCCN(C(=O)c2ccc(NC(=O)c3ccccc3Cl)cc2OC)c2ccc(Cl)cc21. The Balaban J connectivity index is 1.56. The monoisotopic (exact) mass is 652 g/mol. The number of methoxy groups -OCH3 is 1. The Hall–Kier alpha value is -3.59. The summed E-state index contributed by atoms with van der Waals surface area (Å²) in [5.74, 6) is -0.237. The first-order valence-electron chi connectivity index (χ1n) is 15.6. The quantitative estimate of drug-likeness (QED) is 0.221. The molecule has 1 aliphatic rings. The maximum absolute atomic E-state index is 14.1. The molecule has 45 heavy (non-hydrogen) atoms. The fourth-order valence-electron chi connectivity index (χ4n) is 5.83. The second-order valence-electron chi connectivity index (χ2n) is 11.1. The lowest BCUT2D eigenvalue weighted by Gasteiger charge is -2.28. The van der Waals surface area contributed by atoms with Crippen molar-refractivity contribution in [3.63, 3.8) is 0 Å². The van der Waals surface area contributed by atoms with Crippen LogP contribution in [0, 0.1) is 0 Å². The summed E-state index contributed by atoms with van der Waals surface area (Å²) in [5, 5.41) is 3.73. The molecule has 0 bridgehead atoms. The van der Waals surface area contributed by atoms with Crippen LogP contribution in [0.5, 0.6) is 5.75 Å². The van der Waals surface area contributed by atoms with E-state index >= 15 is 0 Å². The molecule has 3 aromatic rings. The molecular weight excluding hydrogens is 611 g/mol. The minimum atomic E-state index is -0.365. The van der Waals surface area contributed by atoms with Crippen LogP contribution in [0.15, 0.2) is 60.7 Å². The number of nitrogens with zero attached hydrogens (tertiary/aromatic N) is 3. The van der Waals surface area contributed by atoms with E-state index in [0.717, 1.165) is 43.7 Å². The van der Waals surface area contributed by atoms with E-state index < -0.39 is 0 Å². The molecule has 0 aliphatic carbocycles. The van der Waals surface area contributed by atoms with Gasteiger partial charge < -0.3 is 24.8 Å². The van der Waals surface area contributed by atoms with Crippen molar-refractivity contribution in [2.75, 3.05) is 56.6 Å². The molecule has 0 radical (unpaired) electrons. The maximum atomic E-state index is 14.1. The number of anilines is 2. The molecule has 1 heterocycles. The Morgan fingerprint density at radius 1 is 0.933 bits per heavy atom. The van der Waals surface area contributed by atoms with Gasteiger partial charge >= 0.3 is 0 Å². The molecule has 0 saturated carbocycles. The van der Waals surface area contributed by atoms with E-state index in [9.17, 15) is 14.4 Å². The van der Waals surface area contributed by atoms with Crippen molar-refractivity contribution in [3.8, 4) is 5.75 Å². The summed E-state index contributed by atoms with van der Waals surface area (Å²) in [5.41, 5.74) is 2.80. The largest absolute Gasteiger partial charge is 0.496 e. The fraction of sp³-hybridized carbons (Fsp3) is 0.400. The minimum Gasteiger partial charge on any atom is -0.496 e. The molecule has 0 spiro atoms. The Labute approximate surface area is 276 Å². The number of amides is 3. The molecule has 3 aromatic carbocycles. The summed E-state index contributed by atoms with van der Waals surface area (Å²) >= 11 is 12.7. The molecule has 0 fully saturated rings. The number of hydrogen-bond acceptors (Lipinski definition) is 5. The molecular formula is C35H42Cl2N4O4. The zero-order chi connectivity index (χ0) is 32.5. The van der Waals surface area contributed by atoms with Gasteiger partial charge in [0.25, 0.3) is 11.8 Å². The molecule has 0 saturated heterocycles. The molecule has 10 heteroatoms. The molecule has 0 aromatic heterocycles. The molecule has 3 amide bonds. The Morgan fingerprint density at radius 2 is 1.69 bits per heavy atom. The van der Waals surface area contributed by atoms with Crippen LogP contribution in [0.2, 0.25) is 10.0 Å². The first-order chi connectivity index (χ1) is 21.7. The standard InChI is InChI=1S/C35H42Cl2N4O4/c1-5-39(6-2)19-20-40(7-3)33(42)21-24-11-10-18-41(31-17-14-25(36)22-29(24)31)35(44)28-16-15-26(23-32(28)45-4)38-34(43)27-12-8-9-13-30(27)37/h8-9,12-17,22-24H,5-7,10-11,18-21H2,1-4H3,(H,38,43).